The Kier molecular flexibility index (Phi) is 9.26. The van der Waals surface area contributed by atoms with Gasteiger partial charge in [-0.2, -0.15) is 5.26 Å². The van der Waals surface area contributed by atoms with E-state index in [9.17, 15) is 10.1 Å². The van der Waals surface area contributed by atoms with Crippen LogP contribution in [-0.4, -0.2) is 12.5 Å². The Morgan fingerprint density at radius 1 is 1.09 bits per heavy atom. The lowest BCUT2D eigenvalue weighted by molar-refractivity contribution is -0.112. The molecule has 0 aromatic heterocycles. The SMILES string of the molecule is CCOc1cc(/C=C(/C#N)C(=O)Nc2cccc(Cl)c2)cc(Br)c1OCc1ccc(Cl)cc1Cl. The van der Waals surface area contributed by atoms with Crippen LogP contribution in [0.25, 0.3) is 6.08 Å². The smallest absolute Gasteiger partial charge is 0.266 e. The molecule has 0 radical (unpaired) electrons. The summed E-state index contributed by atoms with van der Waals surface area (Å²) in [5.74, 6) is 0.351. The van der Waals surface area contributed by atoms with E-state index in [1.165, 1.54) is 6.08 Å². The van der Waals surface area contributed by atoms with E-state index in [2.05, 4.69) is 21.2 Å². The van der Waals surface area contributed by atoms with E-state index < -0.39 is 5.91 Å². The van der Waals surface area contributed by atoms with Crippen molar-refractivity contribution in [2.75, 3.05) is 11.9 Å². The van der Waals surface area contributed by atoms with Crippen LogP contribution in [0.4, 0.5) is 5.69 Å². The Hall–Kier alpha value is -2.69. The van der Waals surface area contributed by atoms with E-state index in [1.54, 1.807) is 54.6 Å². The average Bonchev–Trinajstić information content (AvgIpc) is 2.78. The zero-order valence-electron chi connectivity index (χ0n) is 17.9. The maximum absolute atomic E-state index is 12.6. The minimum atomic E-state index is -0.559. The molecule has 0 aliphatic rings. The molecule has 0 bridgehead atoms. The van der Waals surface area contributed by atoms with Gasteiger partial charge in [-0.1, -0.05) is 46.9 Å². The number of halogens is 4. The van der Waals surface area contributed by atoms with Crippen molar-refractivity contribution >= 4 is 68.4 Å². The van der Waals surface area contributed by atoms with Crippen LogP contribution >= 0.6 is 50.7 Å². The fourth-order valence-electron chi connectivity index (χ4n) is 2.94. The zero-order valence-corrected chi connectivity index (χ0v) is 21.7. The summed E-state index contributed by atoms with van der Waals surface area (Å²) in [6.45, 7) is 2.42. The lowest BCUT2D eigenvalue weighted by Crippen LogP contribution is -2.13. The molecule has 3 rings (SSSR count). The van der Waals surface area contributed by atoms with Gasteiger partial charge in [0.05, 0.1) is 11.1 Å². The second-order valence-corrected chi connectivity index (χ2v) is 9.06. The molecule has 0 aliphatic heterocycles. The molecule has 0 aliphatic carbocycles. The molecule has 0 heterocycles. The third kappa shape index (κ3) is 6.91. The van der Waals surface area contributed by atoms with Crippen molar-refractivity contribution in [3.8, 4) is 17.6 Å². The predicted molar refractivity (Wildman–Crippen MR) is 140 cm³/mol. The molecule has 3 aromatic carbocycles. The molecule has 1 N–H and O–H groups in total. The molecule has 0 spiro atoms. The number of benzene rings is 3. The predicted octanol–water partition coefficient (Wildman–Crippen LogP) is 7.93. The first-order valence-electron chi connectivity index (χ1n) is 10.0. The van der Waals surface area contributed by atoms with Crippen molar-refractivity contribution in [1.29, 1.82) is 5.26 Å². The quantitative estimate of drug-likeness (QED) is 0.217. The molecule has 0 saturated heterocycles. The monoisotopic (exact) mass is 578 g/mol. The molecule has 174 valence electrons. The van der Waals surface area contributed by atoms with Gasteiger partial charge >= 0.3 is 0 Å². The number of nitrogens with zero attached hydrogens (tertiary/aromatic N) is 1. The van der Waals surface area contributed by atoms with Gasteiger partial charge in [0, 0.05) is 26.3 Å². The highest BCUT2D eigenvalue weighted by atomic mass is 79.9. The van der Waals surface area contributed by atoms with Gasteiger partial charge in [0.15, 0.2) is 11.5 Å². The van der Waals surface area contributed by atoms with E-state index in [0.29, 0.717) is 48.9 Å². The molecule has 34 heavy (non-hydrogen) atoms. The van der Waals surface area contributed by atoms with Crippen LogP contribution < -0.4 is 14.8 Å². The maximum Gasteiger partial charge on any atom is 0.266 e. The first-order valence-corrected chi connectivity index (χ1v) is 11.9. The summed E-state index contributed by atoms with van der Waals surface area (Å²) < 4.78 is 12.3. The summed E-state index contributed by atoms with van der Waals surface area (Å²) in [6, 6.07) is 17.2. The van der Waals surface area contributed by atoms with Crippen LogP contribution in [0.5, 0.6) is 11.5 Å². The normalized spacial score (nSPS) is 11.0. The van der Waals surface area contributed by atoms with Crippen LogP contribution in [0.2, 0.25) is 15.1 Å². The minimum absolute atomic E-state index is 0.0871. The van der Waals surface area contributed by atoms with Crippen LogP contribution in [0, 0.1) is 11.3 Å². The minimum Gasteiger partial charge on any atom is -0.490 e. The van der Waals surface area contributed by atoms with Crippen molar-refractivity contribution in [2.45, 2.75) is 13.5 Å². The number of hydrogen-bond donors (Lipinski definition) is 1. The van der Waals surface area contributed by atoms with E-state index >= 15 is 0 Å². The fourth-order valence-corrected chi connectivity index (χ4v) is 4.17. The Morgan fingerprint density at radius 3 is 2.53 bits per heavy atom. The molecule has 1 amide bonds. The topological polar surface area (TPSA) is 71.3 Å². The van der Waals surface area contributed by atoms with Gasteiger partial charge in [-0.25, -0.2) is 0 Å². The molecule has 5 nitrogen and oxygen atoms in total. The number of carbonyl (C=O) groups is 1. The second-order valence-electron chi connectivity index (χ2n) is 6.92. The van der Waals surface area contributed by atoms with Gasteiger partial charge < -0.3 is 14.8 Å². The first-order chi connectivity index (χ1) is 16.3. The van der Waals surface area contributed by atoms with E-state index in [0.717, 1.165) is 5.56 Å². The number of ether oxygens (including phenoxy) is 2. The largest absolute Gasteiger partial charge is 0.490 e. The average molecular weight is 581 g/mol. The van der Waals surface area contributed by atoms with Crippen LogP contribution in [-0.2, 0) is 11.4 Å². The molecule has 0 unspecified atom stereocenters. The Labute approximate surface area is 221 Å². The van der Waals surface area contributed by atoms with Gasteiger partial charge in [0.1, 0.15) is 18.2 Å². The maximum atomic E-state index is 12.6. The highest BCUT2D eigenvalue weighted by Crippen LogP contribution is 2.38. The van der Waals surface area contributed by atoms with Crippen molar-refractivity contribution in [1.82, 2.24) is 0 Å². The lowest BCUT2D eigenvalue weighted by atomic mass is 10.1. The van der Waals surface area contributed by atoms with Crippen LogP contribution in [0.15, 0.2) is 64.6 Å². The number of nitriles is 1. The van der Waals surface area contributed by atoms with Gasteiger partial charge in [0.25, 0.3) is 5.91 Å². The summed E-state index contributed by atoms with van der Waals surface area (Å²) in [6.07, 6.45) is 1.47. The number of nitrogens with one attached hydrogen (secondary N) is 1. The van der Waals surface area contributed by atoms with Crippen LogP contribution in [0.1, 0.15) is 18.1 Å². The third-order valence-corrected chi connectivity index (χ3v) is 5.89. The van der Waals surface area contributed by atoms with Gasteiger partial charge in [0.2, 0.25) is 0 Å². The Bertz CT molecular complexity index is 1290. The molecule has 0 fully saturated rings. The molecule has 3 aromatic rings. The van der Waals surface area contributed by atoms with E-state index in [1.807, 2.05) is 13.0 Å². The van der Waals surface area contributed by atoms with Gasteiger partial charge in [-0.3, -0.25) is 4.79 Å². The number of hydrogen-bond acceptors (Lipinski definition) is 4. The summed E-state index contributed by atoms with van der Waals surface area (Å²) in [5, 5.41) is 13.7. The molecule has 0 atom stereocenters. The van der Waals surface area contributed by atoms with Gasteiger partial charge in [-0.15, -0.1) is 0 Å². The van der Waals surface area contributed by atoms with E-state index in [-0.39, 0.29) is 12.2 Å². The summed E-state index contributed by atoms with van der Waals surface area (Å²) >= 11 is 21.6. The standard InChI is InChI=1S/C25H18BrCl3N2O3/c1-2-33-23-10-15(8-17(13-30)25(32)31-20-5-3-4-18(27)11-20)9-21(26)24(23)34-14-16-6-7-19(28)12-22(16)29/h3-12H,2,14H2,1H3,(H,31,32)/b17-8-. The van der Waals surface area contributed by atoms with Gasteiger partial charge in [-0.05, 0) is 77.0 Å². The van der Waals surface area contributed by atoms with Crippen molar-refractivity contribution in [3.05, 3.63) is 90.8 Å². The third-order valence-electron chi connectivity index (χ3n) is 4.48. The lowest BCUT2D eigenvalue weighted by Gasteiger charge is -2.15. The Morgan fingerprint density at radius 2 is 1.85 bits per heavy atom. The number of rotatable bonds is 8. The highest BCUT2D eigenvalue weighted by Gasteiger charge is 2.15. The Balaban J connectivity index is 1.86. The second kappa shape index (κ2) is 12.1. The van der Waals surface area contributed by atoms with Crippen molar-refractivity contribution in [3.63, 3.8) is 0 Å². The van der Waals surface area contributed by atoms with E-state index in [4.69, 9.17) is 44.3 Å². The number of anilines is 1. The first kappa shape index (κ1) is 25.9. The summed E-state index contributed by atoms with van der Waals surface area (Å²) in [7, 11) is 0. The molecular weight excluding hydrogens is 563 g/mol. The molecule has 9 heteroatoms. The van der Waals surface area contributed by atoms with Crippen LogP contribution in [0.3, 0.4) is 0 Å². The molecule has 0 saturated carbocycles. The van der Waals surface area contributed by atoms with Crippen molar-refractivity contribution in [2.24, 2.45) is 0 Å². The summed E-state index contributed by atoms with van der Waals surface area (Å²) in [5.41, 5.74) is 1.73. The number of carbonyl (C=O) groups excluding carboxylic acids is 1. The molecular formula is C25H18BrCl3N2O3. The zero-order chi connectivity index (χ0) is 24.7. The fraction of sp³-hybridized carbons (Fsp3) is 0.120. The summed E-state index contributed by atoms with van der Waals surface area (Å²) in [4.78, 5) is 12.6. The number of amides is 1. The van der Waals surface area contributed by atoms with Crippen molar-refractivity contribution < 1.29 is 14.3 Å². The highest BCUT2D eigenvalue weighted by molar-refractivity contribution is 9.10.